The fourth-order valence-corrected chi connectivity index (χ4v) is 3.85. The number of hydrogen-bond donors (Lipinski definition) is 2. The van der Waals surface area contributed by atoms with Crippen LogP contribution in [0.2, 0.25) is 5.02 Å². The van der Waals surface area contributed by atoms with Gasteiger partial charge in [-0.15, -0.1) is 11.8 Å². The van der Waals surface area contributed by atoms with Crippen LogP contribution in [0.1, 0.15) is 6.42 Å². The molecule has 4 nitrogen and oxygen atoms in total. The summed E-state index contributed by atoms with van der Waals surface area (Å²) < 4.78 is 0.897. The molecule has 0 fully saturated rings. The average Bonchev–Trinajstić information content (AvgIpc) is 2.48. The number of thioether (sulfide) groups is 1. The summed E-state index contributed by atoms with van der Waals surface area (Å²) in [5.74, 6) is -0.387. The molecule has 3 rings (SSSR count). The molecule has 0 aliphatic carbocycles. The van der Waals surface area contributed by atoms with Crippen molar-refractivity contribution in [3.63, 3.8) is 0 Å². The van der Waals surface area contributed by atoms with Gasteiger partial charge in [-0.1, -0.05) is 33.6 Å². The van der Waals surface area contributed by atoms with Crippen molar-refractivity contribution in [2.45, 2.75) is 16.6 Å². The summed E-state index contributed by atoms with van der Waals surface area (Å²) >= 11 is 10.7. The van der Waals surface area contributed by atoms with E-state index in [1.807, 2.05) is 18.2 Å². The molecule has 0 spiro atoms. The normalized spacial score (nSPS) is 16.4. The topological polar surface area (TPSA) is 58.2 Å². The number of amides is 2. The quantitative estimate of drug-likeness (QED) is 0.779. The molecule has 0 bridgehead atoms. The van der Waals surface area contributed by atoms with E-state index in [1.165, 1.54) is 11.8 Å². The van der Waals surface area contributed by atoms with Crippen molar-refractivity contribution in [2.75, 3.05) is 10.6 Å². The molecule has 0 aromatic heterocycles. The number of carbonyl (C=O) groups excluding carboxylic acids is 2. The molecular weight excluding hydrogens is 400 g/mol. The van der Waals surface area contributed by atoms with Crippen molar-refractivity contribution in [1.29, 1.82) is 0 Å². The van der Waals surface area contributed by atoms with E-state index >= 15 is 0 Å². The second-order valence-corrected chi connectivity index (χ2v) is 7.60. The largest absolute Gasteiger partial charge is 0.326 e. The van der Waals surface area contributed by atoms with E-state index in [4.69, 9.17) is 11.6 Å². The molecule has 2 aromatic carbocycles. The minimum atomic E-state index is -0.456. The van der Waals surface area contributed by atoms with E-state index in [-0.39, 0.29) is 18.2 Å². The smallest absolute Gasteiger partial charge is 0.238 e. The molecule has 23 heavy (non-hydrogen) atoms. The Bertz CT molecular complexity index is 784. The van der Waals surface area contributed by atoms with Crippen LogP contribution in [0.4, 0.5) is 11.4 Å². The van der Waals surface area contributed by atoms with E-state index in [9.17, 15) is 9.59 Å². The number of anilines is 2. The molecule has 0 saturated carbocycles. The molecule has 1 aliphatic heterocycles. The minimum absolute atomic E-state index is 0.0958. The van der Waals surface area contributed by atoms with Crippen LogP contribution in [0.15, 0.2) is 51.8 Å². The van der Waals surface area contributed by atoms with Crippen LogP contribution >= 0.6 is 39.3 Å². The number of hydrogen-bond acceptors (Lipinski definition) is 3. The zero-order valence-electron chi connectivity index (χ0n) is 11.8. The molecule has 7 heteroatoms. The fourth-order valence-electron chi connectivity index (χ4n) is 2.20. The van der Waals surface area contributed by atoms with E-state index in [0.717, 1.165) is 15.1 Å². The van der Waals surface area contributed by atoms with Gasteiger partial charge in [-0.3, -0.25) is 9.59 Å². The maximum atomic E-state index is 12.2. The van der Waals surface area contributed by atoms with Crippen LogP contribution < -0.4 is 10.6 Å². The van der Waals surface area contributed by atoms with Crippen molar-refractivity contribution in [3.8, 4) is 0 Å². The molecule has 1 heterocycles. The van der Waals surface area contributed by atoms with Crippen molar-refractivity contribution in [2.24, 2.45) is 0 Å². The van der Waals surface area contributed by atoms with E-state index in [1.54, 1.807) is 24.3 Å². The highest BCUT2D eigenvalue weighted by molar-refractivity contribution is 9.10. The highest BCUT2D eigenvalue weighted by atomic mass is 79.9. The monoisotopic (exact) mass is 410 g/mol. The van der Waals surface area contributed by atoms with E-state index < -0.39 is 5.25 Å². The maximum Gasteiger partial charge on any atom is 0.238 e. The van der Waals surface area contributed by atoms with Gasteiger partial charge in [0, 0.05) is 26.5 Å². The van der Waals surface area contributed by atoms with E-state index in [0.29, 0.717) is 10.7 Å². The van der Waals surface area contributed by atoms with Gasteiger partial charge < -0.3 is 10.6 Å². The Morgan fingerprint density at radius 3 is 2.91 bits per heavy atom. The van der Waals surface area contributed by atoms with Crippen LogP contribution in [-0.2, 0) is 9.59 Å². The molecule has 0 saturated heterocycles. The third-order valence-corrected chi connectivity index (χ3v) is 5.24. The first-order valence-corrected chi connectivity index (χ1v) is 8.89. The van der Waals surface area contributed by atoms with Gasteiger partial charge in [0.05, 0.1) is 10.9 Å². The third-order valence-electron chi connectivity index (χ3n) is 3.24. The molecule has 2 aromatic rings. The van der Waals surface area contributed by atoms with Gasteiger partial charge in [0.1, 0.15) is 0 Å². The summed E-state index contributed by atoms with van der Waals surface area (Å²) in [6.07, 6.45) is 0.0958. The van der Waals surface area contributed by atoms with Gasteiger partial charge in [0.2, 0.25) is 11.8 Å². The lowest BCUT2D eigenvalue weighted by atomic mass is 10.2. The highest BCUT2D eigenvalue weighted by Crippen LogP contribution is 2.38. The summed E-state index contributed by atoms with van der Waals surface area (Å²) in [7, 11) is 0. The standard InChI is InChI=1S/C16H12BrClN2O2S/c17-9-4-5-13-12(6-9)20-16(22)14(23-13)8-15(21)19-11-3-1-2-10(18)7-11/h1-7,14H,8H2,(H,19,21)(H,20,22). The Morgan fingerprint density at radius 1 is 1.30 bits per heavy atom. The van der Waals surface area contributed by atoms with Gasteiger partial charge in [0.25, 0.3) is 0 Å². The van der Waals surface area contributed by atoms with Gasteiger partial charge in [-0.2, -0.15) is 0 Å². The van der Waals surface area contributed by atoms with Crippen molar-refractivity contribution < 1.29 is 9.59 Å². The van der Waals surface area contributed by atoms with Gasteiger partial charge in [0.15, 0.2) is 0 Å². The molecule has 2 N–H and O–H groups in total. The Balaban J connectivity index is 1.67. The van der Waals surface area contributed by atoms with Crippen molar-refractivity contribution in [1.82, 2.24) is 0 Å². The number of fused-ring (bicyclic) bond motifs is 1. The van der Waals surface area contributed by atoms with Crippen LogP contribution in [0.3, 0.4) is 0 Å². The van der Waals surface area contributed by atoms with Gasteiger partial charge in [-0.05, 0) is 36.4 Å². The Labute approximate surface area is 151 Å². The number of carbonyl (C=O) groups is 2. The lowest BCUT2D eigenvalue weighted by molar-refractivity contribution is -0.120. The SMILES string of the molecule is O=C(CC1Sc2ccc(Br)cc2NC1=O)Nc1cccc(Cl)c1. The molecular formula is C16H12BrClN2O2S. The zero-order valence-corrected chi connectivity index (χ0v) is 15.0. The zero-order chi connectivity index (χ0) is 16.4. The summed E-state index contributed by atoms with van der Waals surface area (Å²) in [6, 6.07) is 12.6. The molecule has 1 atom stereocenters. The third kappa shape index (κ3) is 4.07. The van der Waals surface area contributed by atoms with Crippen LogP contribution in [-0.4, -0.2) is 17.1 Å². The average molecular weight is 412 g/mol. The number of rotatable bonds is 3. The predicted octanol–water partition coefficient (Wildman–Crippen LogP) is 4.54. The molecule has 0 radical (unpaired) electrons. The van der Waals surface area contributed by atoms with Gasteiger partial charge in [-0.25, -0.2) is 0 Å². The fraction of sp³-hybridized carbons (Fsp3) is 0.125. The number of halogens is 2. The minimum Gasteiger partial charge on any atom is -0.326 e. The summed E-state index contributed by atoms with van der Waals surface area (Å²) in [5.41, 5.74) is 1.38. The Hall–Kier alpha value is -1.50. The molecule has 118 valence electrons. The highest BCUT2D eigenvalue weighted by Gasteiger charge is 2.29. The Kier molecular flexibility index (Phi) is 4.94. The maximum absolute atomic E-state index is 12.2. The second kappa shape index (κ2) is 6.95. The number of nitrogens with one attached hydrogen (secondary N) is 2. The van der Waals surface area contributed by atoms with Crippen molar-refractivity contribution in [3.05, 3.63) is 52.0 Å². The summed E-state index contributed by atoms with van der Waals surface area (Å²) in [5, 5.41) is 5.69. The summed E-state index contributed by atoms with van der Waals surface area (Å²) in [4.78, 5) is 25.3. The van der Waals surface area contributed by atoms with Crippen LogP contribution in [0.25, 0.3) is 0 Å². The number of benzene rings is 2. The van der Waals surface area contributed by atoms with Crippen molar-refractivity contribution >= 4 is 62.5 Å². The second-order valence-electron chi connectivity index (χ2n) is 5.00. The van der Waals surface area contributed by atoms with Crippen LogP contribution in [0, 0.1) is 0 Å². The van der Waals surface area contributed by atoms with E-state index in [2.05, 4.69) is 26.6 Å². The van der Waals surface area contributed by atoms with Gasteiger partial charge >= 0.3 is 0 Å². The first-order valence-electron chi connectivity index (χ1n) is 6.84. The molecule has 1 unspecified atom stereocenters. The van der Waals surface area contributed by atoms with Crippen LogP contribution in [0.5, 0.6) is 0 Å². The molecule has 1 aliphatic rings. The Morgan fingerprint density at radius 2 is 2.13 bits per heavy atom. The summed E-state index contributed by atoms with van der Waals surface area (Å²) in [6.45, 7) is 0. The first kappa shape index (κ1) is 16.4. The lowest BCUT2D eigenvalue weighted by Crippen LogP contribution is -2.32. The predicted molar refractivity (Wildman–Crippen MR) is 97.1 cm³/mol. The lowest BCUT2D eigenvalue weighted by Gasteiger charge is -2.23. The molecule has 2 amide bonds. The first-order chi connectivity index (χ1) is 11.0.